The van der Waals surface area contributed by atoms with E-state index in [1.54, 1.807) is 6.20 Å². The SMILES string of the molecule is CCC1CN(Cc2c[nH]c3c(=O)[nH]c(N)nc23)CC1O.CCOP(=O)(CCOS(=O)(=O)C(F)(F)F)OCC. The molecule has 0 bridgehead atoms. The number of aromatic amines is 2. The molecule has 0 amide bonds. The Morgan fingerprint density at radius 1 is 1.24 bits per heavy atom. The molecule has 218 valence electrons. The first-order valence-corrected chi connectivity index (χ1v) is 14.9. The van der Waals surface area contributed by atoms with Gasteiger partial charge in [0.15, 0.2) is 0 Å². The van der Waals surface area contributed by atoms with Crippen molar-refractivity contribution in [2.24, 2.45) is 5.92 Å². The summed E-state index contributed by atoms with van der Waals surface area (Å²) in [7, 11) is -9.30. The predicted octanol–water partition coefficient (Wildman–Crippen LogP) is 2.15. The van der Waals surface area contributed by atoms with Crippen LogP contribution in [0.2, 0.25) is 0 Å². The third-order valence-electron chi connectivity index (χ3n) is 5.57. The van der Waals surface area contributed by atoms with Gasteiger partial charge in [-0.25, -0.2) is 4.98 Å². The van der Waals surface area contributed by atoms with Crippen LogP contribution in [0.3, 0.4) is 0 Å². The van der Waals surface area contributed by atoms with E-state index in [2.05, 4.69) is 31.0 Å². The molecular formula is C20H33F3N5O8PS. The van der Waals surface area contributed by atoms with Crippen LogP contribution in [-0.4, -0.2) is 84.1 Å². The van der Waals surface area contributed by atoms with Crippen molar-refractivity contribution >= 4 is 34.7 Å². The molecule has 0 aliphatic carbocycles. The number of aromatic nitrogens is 3. The van der Waals surface area contributed by atoms with Crippen LogP contribution < -0.4 is 11.3 Å². The molecule has 0 spiro atoms. The minimum atomic E-state index is -5.68. The van der Waals surface area contributed by atoms with Gasteiger partial charge < -0.3 is 24.9 Å². The van der Waals surface area contributed by atoms with Gasteiger partial charge in [0.1, 0.15) is 11.0 Å². The number of aliphatic hydroxyl groups is 1. The van der Waals surface area contributed by atoms with Crippen molar-refractivity contribution in [2.45, 2.75) is 45.3 Å². The summed E-state index contributed by atoms with van der Waals surface area (Å²) in [4.78, 5) is 23.5. The highest BCUT2D eigenvalue weighted by Gasteiger charge is 2.47. The lowest BCUT2D eigenvalue weighted by Gasteiger charge is -2.16. The summed E-state index contributed by atoms with van der Waals surface area (Å²) in [6.07, 6.45) is 1.91. The zero-order valence-corrected chi connectivity index (χ0v) is 22.9. The predicted molar refractivity (Wildman–Crippen MR) is 133 cm³/mol. The summed E-state index contributed by atoms with van der Waals surface area (Å²) in [5.74, 6) is 0.442. The maximum atomic E-state index is 11.9. The molecule has 18 heteroatoms. The topological polar surface area (TPSA) is 190 Å². The number of aliphatic hydroxyl groups excluding tert-OH is 1. The Balaban J connectivity index is 0.000000269. The van der Waals surface area contributed by atoms with Gasteiger partial charge in [0.25, 0.3) is 5.56 Å². The second-order valence-corrected chi connectivity index (χ2v) is 12.1. The van der Waals surface area contributed by atoms with E-state index in [1.807, 2.05) is 0 Å². The standard InChI is InChI=1S/C13H19N5O2.C7H14F3O6PS/c1-2-7-4-18(6-9(7)19)5-8-3-15-11-10(8)16-13(14)17-12(11)20;1-3-14-17(11,15-4-2)6-5-16-18(12,13)7(8,9)10/h3,7,9,15,19H,2,4-6H2,1H3,(H3,14,16,17,20);3-6H2,1-2H3. The number of rotatable bonds is 11. The molecule has 0 radical (unpaired) electrons. The molecule has 0 saturated carbocycles. The molecule has 0 aromatic carbocycles. The first kappa shape index (κ1) is 32.2. The quantitative estimate of drug-likeness (QED) is 0.170. The number of nitrogens with zero attached hydrogens (tertiary/aromatic N) is 2. The van der Waals surface area contributed by atoms with Crippen molar-refractivity contribution in [1.82, 2.24) is 19.9 Å². The van der Waals surface area contributed by atoms with Crippen LogP contribution in [0.4, 0.5) is 19.1 Å². The maximum Gasteiger partial charge on any atom is 0.523 e. The lowest BCUT2D eigenvalue weighted by molar-refractivity contribution is -0.0539. The highest BCUT2D eigenvalue weighted by atomic mass is 32.2. The van der Waals surface area contributed by atoms with E-state index in [0.29, 0.717) is 30.0 Å². The van der Waals surface area contributed by atoms with Gasteiger partial charge in [-0.3, -0.25) is 23.4 Å². The average molecular weight is 592 g/mol. The number of anilines is 1. The lowest BCUT2D eigenvalue weighted by Crippen LogP contribution is -2.26. The second-order valence-electron chi connectivity index (χ2n) is 8.31. The molecule has 2 aromatic heterocycles. The van der Waals surface area contributed by atoms with Gasteiger partial charge in [0.2, 0.25) is 5.95 Å². The maximum absolute atomic E-state index is 11.9. The minimum absolute atomic E-state index is 0.0172. The van der Waals surface area contributed by atoms with E-state index in [-0.39, 0.29) is 30.8 Å². The van der Waals surface area contributed by atoms with Gasteiger partial charge >= 0.3 is 23.2 Å². The molecule has 1 fully saturated rings. The molecule has 1 aliphatic heterocycles. The minimum Gasteiger partial charge on any atom is -0.391 e. The summed E-state index contributed by atoms with van der Waals surface area (Å²) in [5.41, 5.74) is 1.82. The number of hydrogen-bond acceptors (Lipinski definition) is 11. The molecule has 3 rings (SSSR count). The highest BCUT2D eigenvalue weighted by molar-refractivity contribution is 7.87. The Labute approximate surface area is 217 Å². The Hall–Kier alpha value is -2.01. The average Bonchev–Trinajstić information content (AvgIpc) is 3.36. The van der Waals surface area contributed by atoms with Gasteiger partial charge in [-0.05, 0) is 26.2 Å². The van der Waals surface area contributed by atoms with Crippen LogP contribution in [0.25, 0.3) is 11.0 Å². The van der Waals surface area contributed by atoms with Crippen LogP contribution in [0.15, 0.2) is 11.0 Å². The fourth-order valence-electron chi connectivity index (χ4n) is 3.80. The Bertz CT molecular complexity index is 1260. The first-order valence-electron chi connectivity index (χ1n) is 11.8. The number of fused-ring (bicyclic) bond motifs is 1. The van der Waals surface area contributed by atoms with Crippen molar-refractivity contribution in [1.29, 1.82) is 0 Å². The Kier molecular flexibility index (Phi) is 11.3. The molecule has 1 saturated heterocycles. The molecule has 13 nitrogen and oxygen atoms in total. The zero-order chi connectivity index (χ0) is 28.7. The normalized spacial score (nSPS) is 19.0. The largest absolute Gasteiger partial charge is 0.523 e. The molecule has 2 aromatic rings. The van der Waals surface area contributed by atoms with Crippen LogP contribution in [0.5, 0.6) is 0 Å². The van der Waals surface area contributed by atoms with Gasteiger partial charge in [0, 0.05) is 31.4 Å². The molecule has 2 atom stereocenters. The summed E-state index contributed by atoms with van der Waals surface area (Å²) in [6, 6.07) is 0. The van der Waals surface area contributed by atoms with Gasteiger partial charge in [-0.15, -0.1) is 0 Å². The lowest BCUT2D eigenvalue weighted by atomic mass is 10.0. The fourth-order valence-corrected chi connectivity index (χ4v) is 5.80. The number of nitrogen functional groups attached to an aromatic ring is 1. The third-order valence-corrected chi connectivity index (χ3v) is 8.65. The van der Waals surface area contributed by atoms with Gasteiger partial charge in [0.05, 0.1) is 32.1 Å². The van der Waals surface area contributed by atoms with Gasteiger partial charge in [-0.2, -0.15) is 21.6 Å². The number of nitrogens with two attached hydrogens (primary N) is 1. The number of halogens is 3. The van der Waals surface area contributed by atoms with Crippen molar-refractivity contribution in [3.8, 4) is 0 Å². The summed E-state index contributed by atoms with van der Waals surface area (Å²) in [6.45, 7) is 6.39. The van der Waals surface area contributed by atoms with Crippen molar-refractivity contribution in [3.05, 3.63) is 22.1 Å². The number of hydrogen-bond donors (Lipinski definition) is 4. The second kappa shape index (κ2) is 13.4. The van der Waals surface area contributed by atoms with Crippen LogP contribution >= 0.6 is 7.60 Å². The number of β-amino-alcohol motifs (C(OH)–C–C–N with tert-alkyl or cyclic N) is 1. The molecule has 5 N–H and O–H groups in total. The molecule has 2 unspecified atom stereocenters. The molecular weight excluding hydrogens is 558 g/mol. The fraction of sp³-hybridized carbons (Fsp3) is 0.700. The highest BCUT2D eigenvalue weighted by Crippen LogP contribution is 2.47. The number of nitrogens with one attached hydrogen (secondary N) is 2. The number of alkyl halides is 3. The van der Waals surface area contributed by atoms with E-state index in [4.69, 9.17) is 14.8 Å². The summed E-state index contributed by atoms with van der Waals surface area (Å²) < 4.78 is 81.7. The van der Waals surface area contributed by atoms with Crippen molar-refractivity contribution in [2.75, 3.05) is 44.8 Å². The zero-order valence-electron chi connectivity index (χ0n) is 21.2. The monoisotopic (exact) mass is 591 g/mol. The van der Waals surface area contributed by atoms with E-state index in [1.165, 1.54) is 13.8 Å². The van der Waals surface area contributed by atoms with Crippen LogP contribution in [0.1, 0.15) is 32.8 Å². The van der Waals surface area contributed by atoms with E-state index < -0.39 is 36.0 Å². The Morgan fingerprint density at radius 2 is 1.87 bits per heavy atom. The van der Waals surface area contributed by atoms with Crippen LogP contribution in [0, 0.1) is 5.92 Å². The van der Waals surface area contributed by atoms with Crippen molar-refractivity contribution < 1.29 is 44.5 Å². The van der Waals surface area contributed by atoms with E-state index in [9.17, 15) is 36.1 Å². The molecule has 1 aliphatic rings. The summed E-state index contributed by atoms with van der Waals surface area (Å²) >= 11 is 0. The van der Waals surface area contributed by atoms with Crippen LogP contribution in [-0.2, 0) is 34.5 Å². The van der Waals surface area contributed by atoms with Gasteiger partial charge in [-0.1, -0.05) is 6.92 Å². The van der Waals surface area contributed by atoms with E-state index in [0.717, 1.165) is 18.5 Å². The first-order chi connectivity index (χ1) is 17.7. The smallest absolute Gasteiger partial charge is 0.391 e. The van der Waals surface area contributed by atoms with Crippen molar-refractivity contribution in [3.63, 3.8) is 0 Å². The third kappa shape index (κ3) is 8.49. The number of H-pyrrole nitrogens is 2. The Morgan fingerprint density at radius 3 is 2.39 bits per heavy atom. The number of likely N-dealkylation sites (tertiary alicyclic amines) is 1. The molecule has 38 heavy (non-hydrogen) atoms. The molecule has 3 heterocycles. The summed E-state index contributed by atoms with van der Waals surface area (Å²) in [5, 5.41) is 9.95. The van der Waals surface area contributed by atoms with E-state index >= 15 is 0 Å².